The molecule has 0 amide bonds. The Hall–Kier alpha value is -2.82. The minimum Gasteiger partial charge on any atom is -0.381 e. The number of Topliss-reactive ketones (excluding diaryl/α,β-unsaturated/α-hetero) is 2. The lowest BCUT2D eigenvalue weighted by Gasteiger charge is -2.39. The molecule has 5 nitrogen and oxygen atoms in total. The molecule has 0 saturated carbocycles. The van der Waals surface area contributed by atoms with Gasteiger partial charge in [-0.25, -0.2) is 0 Å². The van der Waals surface area contributed by atoms with Crippen LogP contribution in [0.4, 0.5) is 0 Å². The monoisotopic (exact) mass is 292 g/mol. The molecular weight excluding hydrogens is 280 g/mol. The van der Waals surface area contributed by atoms with E-state index in [1.807, 2.05) is 0 Å². The number of nitrogens with zero attached hydrogens (tertiary/aromatic N) is 1. The van der Waals surface area contributed by atoms with Crippen LogP contribution < -0.4 is 5.32 Å². The first-order valence-electron chi connectivity index (χ1n) is 7.08. The molecule has 0 fully saturated rings. The maximum Gasteiger partial charge on any atom is 0.228 e. The summed E-state index contributed by atoms with van der Waals surface area (Å²) in [6.45, 7) is 0.462. The Morgan fingerprint density at radius 2 is 2.00 bits per heavy atom. The van der Waals surface area contributed by atoms with Gasteiger partial charge in [-0.15, -0.1) is 0 Å². The van der Waals surface area contributed by atoms with Crippen LogP contribution in [-0.2, 0) is 4.79 Å². The zero-order chi connectivity index (χ0) is 15.3. The van der Waals surface area contributed by atoms with Crippen molar-refractivity contribution in [3.8, 4) is 0 Å². The molecule has 2 aliphatic carbocycles. The van der Waals surface area contributed by atoms with Crippen molar-refractivity contribution in [2.45, 2.75) is 6.42 Å². The molecule has 0 aromatic carbocycles. The third-order valence-corrected chi connectivity index (χ3v) is 4.42. The highest BCUT2D eigenvalue weighted by molar-refractivity contribution is 6.29. The summed E-state index contributed by atoms with van der Waals surface area (Å²) in [4.78, 5) is 42.1. The third-order valence-electron chi connectivity index (χ3n) is 4.42. The molecule has 1 aliphatic heterocycles. The van der Waals surface area contributed by atoms with Gasteiger partial charge in [-0.1, -0.05) is 18.2 Å². The molecule has 1 aromatic rings. The van der Waals surface area contributed by atoms with Crippen molar-refractivity contribution < 1.29 is 14.4 Å². The smallest absolute Gasteiger partial charge is 0.228 e. The van der Waals surface area contributed by atoms with Crippen molar-refractivity contribution in [2.75, 3.05) is 6.54 Å². The van der Waals surface area contributed by atoms with E-state index in [4.69, 9.17) is 0 Å². The van der Waals surface area contributed by atoms with E-state index in [1.165, 1.54) is 12.3 Å². The Morgan fingerprint density at radius 3 is 2.82 bits per heavy atom. The molecule has 0 radical (unpaired) electrons. The third kappa shape index (κ3) is 1.48. The van der Waals surface area contributed by atoms with Gasteiger partial charge in [-0.3, -0.25) is 19.4 Å². The summed E-state index contributed by atoms with van der Waals surface area (Å²) in [7, 11) is 0. The van der Waals surface area contributed by atoms with E-state index >= 15 is 0 Å². The van der Waals surface area contributed by atoms with E-state index in [1.54, 1.807) is 30.4 Å². The minimum atomic E-state index is -1.03. The highest BCUT2D eigenvalue weighted by Gasteiger charge is 2.50. The molecule has 0 bridgehead atoms. The molecular formula is C17H12N2O3. The second-order valence-electron chi connectivity index (χ2n) is 5.54. The first kappa shape index (κ1) is 12.9. The van der Waals surface area contributed by atoms with E-state index in [0.29, 0.717) is 13.0 Å². The Kier molecular flexibility index (Phi) is 2.54. The number of pyridine rings is 1. The Labute approximate surface area is 126 Å². The standard InChI is InChI=1S/C17H12N2O3/c20-11-5-1-2-6-17(11)7-9-19-14-12(17)15(21)10-4-3-8-18-13(10)16(14)22/h1-6,8,19H,7,9H2. The zero-order valence-corrected chi connectivity index (χ0v) is 11.6. The van der Waals surface area contributed by atoms with Crippen molar-refractivity contribution in [3.05, 3.63) is 65.2 Å². The van der Waals surface area contributed by atoms with E-state index in [2.05, 4.69) is 10.3 Å². The van der Waals surface area contributed by atoms with Crippen LogP contribution in [0.3, 0.4) is 0 Å². The highest BCUT2D eigenvalue weighted by Crippen LogP contribution is 2.44. The molecule has 1 atom stereocenters. The number of rotatable bonds is 0. The first-order chi connectivity index (χ1) is 10.6. The number of carbonyl (C=O) groups excluding carboxylic acids is 3. The van der Waals surface area contributed by atoms with Gasteiger partial charge >= 0.3 is 0 Å². The fraction of sp³-hybridized carbons (Fsp3) is 0.176. The molecule has 3 aliphatic rings. The van der Waals surface area contributed by atoms with Crippen molar-refractivity contribution in [1.82, 2.24) is 10.3 Å². The van der Waals surface area contributed by atoms with Crippen LogP contribution in [-0.4, -0.2) is 28.9 Å². The number of fused-ring (bicyclic) bond motifs is 2. The van der Waals surface area contributed by atoms with Gasteiger partial charge in [0.25, 0.3) is 0 Å². The molecule has 1 unspecified atom stereocenters. The molecule has 4 rings (SSSR count). The predicted octanol–water partition coefficient (Wildman–Crippen LogP) is 1.39. The second kappa shape index (κ2) is 4.34. The highest BCUT2D eigenvalue weighted by atomic mass is 16.1. The summed E-state index contributed by atoms with van der Waals surface area (Å²) in [5, 5.41) is 2.99. The first-order valence-corrected chi connectivity index (χ1v) is 7.08. The lowest BCUT2D eigenvalue weighted by atomic mass is 9.65. The fourth-order valence-corrected chi connectivity index (χ4v) is 3.36. The lowest BCUT2D eigenvalue weighted by molar-refractivity contribution is -0.120. The molecule has 1 aromatic heterocycles. The largest absolute Gasteiger partial charge is 0.381 e. The fourth-order valence-electron chi connectivity index (χ4n) is 3.36. The van der Waals surface area contributed by atoms with Gasteiger partial charge in [0, 0.05) is 18.3 Å². The SMILES string of the molecule is O=C1C2=C(NCCC23C=CC=CC3=O)C(=O)c2ncccc21. The average molecular weight is 292 g/mol. The van der Waals surface area contributed by atoms with Crippen molar-refractivity contribution >= 4 is 17.3 Å². The second-order valence-corrected chi connectivity index (χ2v) is 5.54. The molecule has 22 heavy (non-hydrogen) atoms. The summed E-state index contributed by atoms with van der Waals surface area (Å²) in [5.74, 6) is -0.768. The maximum absolute atomic E-state index is 12.9. The summed E-state index contributed by atoms with van der Waals surface area (Å²) in [6, 6.07) is 3.21. The minimum absolute atomic E-state index is 0.151. The summed E-state index contributed by atoms with van der Waals surface area (Å²) < 4.78 is 0. The van der Waals surface area contributed by atoms with Gasteiger partial charge < -0.3 is 5.32 Å². The van der Waals surface area contributed by atoms with E-state index in [-0.39, 0.29) is 39.9 Å². The number of allylic oxidation sites excluding steroid dienone is 6. The Morgan fingerprint density at radius 1 is 1.14 bits per heavy atom. The number of ketones is 3. The van der Waals surface area contributed by atoms with Crippen LogP contribution in [0.2, 0.25) is 0 Å². The molecule has 2 heterocycles. The topological polar surface area (TPSA) is 76.1 Å². The summed E-state index contributed by atoms with van der Waals surface area (Å²) in [5.41, 5.74) is -0.135. The van der Waals surface area contributed by atoms with Crippen molar-refractivity contribution in [1.29, 1.82) is 0 Å². The zero-order valence-electron chi connectivity index (χ0n) is 11.6. The average Bonchev–Trinajstić information content (AvgIpc) is 2.55. The van der Waals surface area contributed by atoms with Crippen LogP contribution in [0.25, 0.3) is 0 Å². The predicted molar refractivity (Wildman–Crippen MR) is 78.3 cm³/mol. The van der Waals surface area contributed by atoms with Crippen molar-refractivity contribution in [3.63, 3.8) is 0 Å². The van der Waals surface area contributed by atoms with Gasteiger partial charge in [-0.05, 0) is 24.6 Å². The Bertz CT molecular complexity index is 832. The van der Waals surface area contributed by atoms with E-state index in [9.17, 15) is 14.4 Å². The maximum atomic E-state index is 12.9. The van der Waals surface area contributed by atoms with Crippen LogP contribution in [0.1, 0.15) is 27.3 Å². The molecule has 5 heteroatoms. The normalized spacial score (nSPS) is 26.1. The van der Waals surface area contributed by atoms with Crippen LogP contribution >= 0.6 is 0 Å². The number of aromatic nitrogens is 1. The van der Waals surface area contributed by atoms with Gasteiger partial charge in [-0.2, -0.15) is 0 Å². The van der Waals surface area contributed by atoms with Gasteiger partial charge in [0.05, 0.1) is 16.7 Å². The number of hydrogen-bond donors (Lipinski definition) is 1. The van der Waals surface area contributed by atoms with Gasteiger partial charge in [0.1, 0.15) is 5.69 Å². The Balaban J connectivity index is 1.99. The molecule has 108 valence electrons. The number of hydrogen-bond acceptors (Lipinski definition) is 5. The van der Waals surface area contributed by atoms with Crippen LogP contribution in [0.15, 0.2) is 53.9 Å². The van der Waals surface area contributed by atoms with E-state index in [0.717, 1.165) is 0 Å². The molecule has 1 spiro atoms. The van der Waals surface area contributed by atoms with Crippen molar-refractivity contribution in [2.24, 2.45) is 5.41 Å². The molecule has 0 saturated heterocycles. The van der Waals surface area contributed by atoms with Crippen LogP contribution in [0, 0.1) is 5.41 Å². The molecule has 1 N–H and O–H groups in total. The summed E-state index contributed by atoms with van der Waals surface area (Å²) >= 11 is 0. The van der Waals surface area contributed by atoms with E-state index < -0.39 is 5.41 Å². The quantitative estimate of drug-likeness (QED) is 0.782. The number of nitrogens with one attached hydrogen (secondary N) is 1. The lowest BCUT2D eigenvalue weighted by Crippen LogP contribution is -2.47. The number of carbonyl (C=O) groups is 3. The summed E-state index contributed by atoms with van der Waals surface area (Å²) in [6.07, 6.45) is 8.56. The van der Waals surface area contributed by atoms with Gasteiger partial charge in [0.2, 0.25) is 5.78 Å². The van der Waals surface area contributed by atoms with Crippen LogP contribution in [0.5, 0.6) is 0 Å². The van der Waals surface area contributed by atoms with Gasteiger partial charge in [0.15, 0.2) is 11.6 Å².